The predicted octanol–water partition coefficient (Wildman–Crippen LogP) is 1.56. The number of hydrogen-bond donors (Lipinski definition) is 2. The molecule has 11 heteroatoms. The van der Waals surface area contributed by atoms with Crippen molar-refractivity contribution in [1.29, 1.82) is 0 Å². The first-order valence-corrected chi connectivity index (χ1v) is 9.18. The fraction of sp³-hybridized carbons (Fsp3) is 0.211. The van der Waals surface area contributed by atoms with Gasteiger partial charge in [0.05, 0.1) is 17.5 Å². The van der Waals surface area contributed by atoms with E-state index in [1.165, 1.54) is 4.68 Å². The number of aromatic nitrogens is 7. The Hall–Kier alpha value is -4.15. The van der Waals surface area contributed by atoms with Crippen LogP contribution in [0.5, 0.6) is 0 Å². The maximum Gasteiger partial charge on any atom is 0.261 e. The second-order valence-corrected chi connectivity index (χ2v) is 6.83. The van der Waals surface area contributed by atoms with Gasteiger partial charge in [-0.15, -0.1) is 0 Å². The number of pyridine rings is 1. The quantitative estimate of drug-likeness (QED) is 0.487. The molecule has 4 rings (SSSR count). The SMILES string of the molecule is CC(C)NC(=O)Cn1cc(-c2nc(-c3ccc(-c4cnc(N)nc4)nc3)no2)cn1. The summed E-state index contributed by atoms with van der Waals surface area (Å²) in [5.41, 5.74) is 8.26. The molecule has 4 heterocycles. The van der Waals surface area contributed by atoms with Gasteiger partial charge in [-0.05, 0) is 26.0 Å². The number of amides is 1. The lowest BCUT2D eigenvalue weighted by atomic mass is 10.2. The summed E-state index contributed by atoms with van der Waals surface area (Å²) in [6, 6.07) is 3.71. The molecule has 0 spiro atoms. The Morgan fingerprint density at radius 2 is 1.87 bits per heavy atom. The monoisotopic (exact) mass is 405 g/mol. The van der Waals surface area contributed by atoms with Gasteiger partial charge < -0.3 is 15.6 Å². The number of nitrogens with zero attached hydrogens (tertiary/aromatic N) is 7. The van der Waals surface area contributed by atoms with Crippen LogP contribution in [-0.4, -0.2) is 46.8 Å². The number of nitrogens with two attached hydrogens (primary N) is 1. The van der Waals surface area contributed by atoms with Crippen LogP contribution in [0.4, 0.5) is 5.95 Å². The lowest BCUT2D eigenvalue weighted by molar-refractivity contribution is -0.122. The minimum absolute atomic E-state index is 0.0681. The first kappa shape index (κ1) is 19.2. The van der Waals surface area contributed by atoms with Crippen molar-refractivity contribution in [3.63, 3.8) is 0 Å². The summed E-state index contributed by atoms with van der Waals surface area (Å²) in [6.07, 6.45) is 8.10. The summed E-state index contributed by atoms with van der Waals surface area (Å²) < 4.78 is 6.86. The van der Waals surface area contributed by atoms with Gasteiger partial charge in [0.25, 0.3) is 5.89 Å². The van der Waals surface area contributed by atoms with Crippen molar-refractivity contribution in [2.75, 3.05) is 5.73 Å². The normalized spacial score (nSPS) is 11.0. The van der Waals surface area contributed by atoms with Crippen molar-refractivity contribution < 1.29 is 9.32 Å². The number of rotatable bonds is 6. The average Bonchev–Trinajstić information content (AvgIpc) is 3.38. The van der Waals surface area contributed by atoms with Crippen molar-refractivity contribution in [3.05, 3.63) is 43.1 Å². The van der Waals surface area contributed by atoms with Crippen LogP contribution >= 0.6 is 0 Å². The van der Waals surface area contributed by atoms with Crippen LogP contribution in [0.1, 0.15) is 13.8 Å². The smallest absolute Gasteiger partial charge is 0.261 e. The number of anilines is 1. The molecule has 0 aromatic carbocycles. The fourth-order valence-electron chi connectivity index (χ4n) is 2.70. The molecule has 11 nitrogen and oxygen atoms in total. The zero-order valence-electron chi connectivity index (χ0n) is 16.4. The minimum atomic E-state index is -0.122. The zero-order chi connectivity index (χ0) is 21.1. The van der Waals surface area contributed by atoms with E-state index in [0.29, 0.717) is 28.5 Å². The van der Waals surface area contributed by atoms with Gasteiger partial charge in [-0.25, -0.2) is 9.97 Å². The summed E-state index contributed by atoms with van der Waals surface area (Å²) in [5.74, 6) is 0.779. The van der Waals surface area contributed by atoms with Crippen molar-refractivity contribution >= 4 is 11.9 Å². The van der Waals surface area contributed by atoms with Crippen LogP contribution in [0.25, 0.3) is 34.1 Å². The predicted molar refractivity (Wildman–Crippen MR) is 107 cm³/mol. The summed E-state index contributed by atoms with van der Waals surface area (Å²) >= 11 is 0. The van der Waals surface area contributed by atoms with Gasteiger partial charge in [-0.3, -0.25) is 14.5 Å². The van der Waals surface area contributed by atoms with Crippen LogP contribution in [0.15, 0.2) is 47.6 Å². The molecule has 152 valence electrons. The van der Waals surface area contributed by atoms with E-state index in [2.05, 4.69) is 35.5 Å². The number of carbonyl (C=O) groups excluding carboxylic acids is 1. The molecule has 0 radical (unpaired) electrons. The number of nitrogens with one attached hydrogen (secondary N) is 1. The summed E-state index contributed by atoms with van der Waals surface area (Å²) in [5, 5.41) is 11.0. The third-order valence-corrected chi connectivity index (χ3v) is 4.05. The molecule has 0 atom stereocenters. The van der Waals surface area contributed by atoms with E-state index in [4.69, 9.17) is 10.3 Å². The molecule has 0 aliphatic heterocycles. The van der Waals surface area contributed by atoms with Crippen molar-refractivity contribution in [3.8, 4) is 34.1 Å². The van der Waals surface area contributed by atoms with Gasteiger partial charge in [0.1, 0.15) is 6.54 Å². The lowest BCUT2D eigenvalue weighted by Gasteiger charge is -2.07. The Morgan fingerprint density at radius 1 is 1.10 bits per heavy atom. The lowest BCUT2D eigenvalue weighted by Crippen LogP contribution is -2.33. The average molecular weight is 405 g/mol. The molecule has 4 aromatic rings. The van der Waals surface area contributed by atoms with E-state index >= 15 is 0 Å². The van der Waals surface area contributed by atoms with Gasteiger partial charge in [-0.1, -0.05) is 5.16 Å². The van der Waals surface area contributed by atoms with Crippen LogP contribution in [0.3, 0.4) is 0 Å². The Morgan fingerprint density at radius 3 is 2.57 bits per heavy atom. The van der Waals surface area contributed by atoms with Crippen molar-refractivity contribution in [2.45, 2.75) is 26.4 Å². The first-order chi connectivity index (χ1) is 14.5. The van der Waals surface area contributed by atoms with Crippen LogP contribution in [-0.2, 0) is 11.3 Å². The van der Waals surface area contributed by atoms with E-state index < -0.39 is 0 Å². The third kappa shape index (κ3) is 4.29. The highest BCUT2D eigenvalue weighted by molar-refractivity contribution is 5.76. The largest absolute Gasteiger partial charge is 0.368 e. The summed E-state index contributed by atoms with van der Waals surface area (Å²) in [4.78, 5) is 28.6. The molecule has 0 aliphatic rings. The molecule has 0 fully saturated rings. The fourth-order valence-corrected chi connectivity index (χ4v) is 2.70. The highest BCUT2D eigenvalue weighted by Crippen LogP contribution is 2.23. The standard InChI is InChI=1S/C19H19N9O2/c1-11(2)25-16(29)10-28-9-14(8-24-28)18-26-17(27-30-18)12-3-4-15(21-5-12)13-6-22-19(20)23-7-13/h3-9,11H,10H2,1-2H3,(H,25,29)(H2,20,22,23). The highest BCUT2D eigenvalue weighted by atomic mass is 16.5. The van der Waals surface area contributed by atoms with E-state index in [0.717, 1.165) is 5.56 Å². The van der Waals surface area contributed by atoms with Gasteiger partial charge >= 0.3 is 0 Å². The molecular weight excluding hydrogens is 386 g/mol. The Labute approximate surface area is 171 Å². The van der Waals surface area contributed by atoms with Gasteiger partial charge in [0, 0.05) is 42.0 Å². The number of hydrogen-bond acceptors (Lipinski definition) is 9. The van der Waals surface area contributed by atoms with Gasteiger partial charge in [-0.2, -0.15) is 10.1 Å². The van der Waals surface area contributed by atoms with Crippen LogP contribution < -0.4 is 11.1 Å². The molecule has 3 N–H and O–H groups in total. The Bertz CT molecular complexity index is 1150. The number of nitrogen functional groups attached to an aromatic ring is 1. The van der Waals surface area contributed by atoms with Gasteiger partial charge in [0.2, 0.25) is 17.7 Å². The molecule has 30 heavy (non-hydrogen) atoms. The first-order valence-electron chi connectivity index (χ1n) is 9.18. The second kappa shape index (κ2) is 8.07. The molecule has 0 saturated heterocycles. The van der Waals surface area contributed by atoms with Crippen molar-refractivity contribution in [2.24, 2.45) is 0 Å². The Balaban J connectivity index is 1.48. The number of carbonyl (C=O) groups is 1. The molecular formula is C19H19N9O2. The second-order valence-electron chi connectivity index (χ2n) is 6.83. The van der Waals surface area contributed by atoms with E-state index in [-0.39, 0.29) is 24.4 Å². The molecule has 1 amide bonds. The summed E-state index contributed by atoms with van der Waals surface area (Å²) in [7, 11) is 0. The van der Waals surface area contributed by atoms with Crippen LogP contribution in [0.2, 0.25) is 0 Å². The molecule has 4 aromatic heterocycles. The molecule has 0 bridgehead atoms. The van der Waals surface area contributed by atoms with Crippen LogP contribution in [0, 0.1) is 0 Å². The molecule has 0 saturated carbocycles. The molecule has 0 aliphatic carbocycles. The van der Waals surface area contributed by atoms with E-state index in [1.807, 2.05) is 26.0 Å². The topological polar surface area (TPSA) is 151 Å². The Kier molecular flexibility index (Phi) is 5.16. The molecule has 0 unspecified atom stereocenters. The third-order valence-electron chi connectivity index (χ3n) is 4.05. The minimum Gasteiger partial charge on any atom is -0.368 e. The van der Waals surface area contributed by atoms with E-state index in [1.54, 1.807) is 31.0 Å². The summed E-state index contributed by atoms with van der Waals surface area (Å²) in [6.45, 7) is 3.91. The maximum atomic E-state index is 11.9. The van der Waals surface area contributed by atoms with E-state index in [9.17, 15) is 4.79 Å². The highest BCUT2D eigenvalue weighted by Gasteiger charge is 2.14. The van der Waals surface area contributed by atoms with Gasteiger partial charge in [0.15, 0.2) is 0 Å². The maximum absolute atomic E-state index is 11.9. The zero-order valence-corrected chi connectivity index (χ0v) is 16.4. The van der Waals surface area contributed by atoms with Crippen molar-refractivity contribution in [1.82, 2.24) is 40.2 Å².